The Morgan fingerprint density at radius 3 is 2.43 bits per heavy atom. The van der Waals surface area contributed by atoms with Gasteiger partial charge in [0.25, 0.3) is 5.91 Å². The Balaban J connectivity index is 1.66. The van der Waals surface area contributed by atoms with E-state index in [1.54, 1.807) is 70.2 Å². The average molecular weight is 406 g/mol. The molecule has 154 valence electrons. The van der Waals surface area contributed by atoms with Gasteiger partial charge in [-0.1, -0.05) is 0 Å². The van der Waals surface area contributed by atoms with Gasteiger partial charge in [0.2, 0.25) is 0 Å². The van der Waals surface area contributed by atoms with Crippen molar-refractivity contribution in [3.8, 4) is 11.8 Å². The standard InChI is InChI=1S/C23H22N2O5/c1-14-19-11-15(12-24)5-10-18(19)21(29-14)22(27)25-16-6-8-17(9-7-16)28-13-20(26)30-23(2,3)4/h5-11H,13H2,1-4H3,(H,25,27). The Hall–Kier alpha value is -3.79. The number of rotatable bonds is 5. The molecule has 3 rings (SSSR count). The molecule has 0 saturated heterocycles. The first-order valence-corrected chi connectivity index (χ1v) is 9.35. The van der Waals surface area contributed by atoms with E-state index in [1.807, 2.05) is 0 Å². The van der Waals surface area contributed by atoms with Crippen molar-refractivity contribution in [3.63, 3.8) is 0 Å². The van der Waals surface area contributed by atoms with Gasteiger partial charge in [-0.15, -0.1) is 0 Å². The number of ether oxygens (including phenoxy) is 2. The van der Waals surface area contributed by atoms with Crippen molar-refractivity contribution in [2.45, 2.75) is 33.3 Å². The quantitative estimate of drug-likeness (QED) is 0.622. The zero-order chi connectivity index (χ0) is 21.9. The molecule has 1 heterocycles. The molecule has 0 saturated carbocycles. The van der Waals surface area contributed by atoms with Crippen LogP contribution >= 0.6 is 0 Å². The summed E-state index contributed by atoms with van der Waals surface area (Å²) in [6, 6.07) is 13.7. The summed E-state index contributed by atoms with van der Waals surface area (Å²) in [6.45, 7) is 6.90. The molecule has 2 aromatic carbocycles. The lowest BCUT2D eigenvalue weighted by Gasteiger charge is -2.19. The van der Waals surface area contributed by atoms with E-state index < -0.39 is 17.5 Å². The minimum absolute atomic E-state index is 0.178. The van der Waals surface area contributed by atoms with E-state index in [0.717, 1.165) is 5.39 Å². The number of furan rings is 1. The van der Waals surface area contributed by atoms with Crippen LogP contribution in [0.3, 0.4) is 0 Å². The molecule has 0 unspecified atom stereocenters. The molecule has 0 fully saturated rings. The Labute approximate surface area is 174 Å². The highest BCUT2D eigenvalue weighted by molar-refractivity contribution is 6.11. The topological polar surface area (TPSA) is 102 Å². The van der Waals surface area contributed by atoms with E-state index in [9.17, 15) is 9.59 Å². The maximum absolute atomic E-state index is 12.7. The van der Waals surface area contributed by atoms with Gasteiger partial charge in [-0.2, -0.15) is 5.26 Å². The molecule has 0 bridgehead atoms. The highest BCUT2D eigenvalue weighted by atomic mass is 16.6. The second-order valence-electron chi connectivity index (χ2n) is 7.71. The molecule has 0 radical (unpaired) electrons. The number of nitriles is 1. The molecule has 7 heteroatoms. The van der Waals surface area contributed by atoms with E-state index in [1.165, 1.54) is 0 Å². The van der Waals surface area contributed by atoms with E-state index in [2.05, 4.69) is 11.4 Å². The van der Waals surface area contributed by atoms with Gasteiger partial charge in [0, 0.05) is 16.5 Å². The number of amides is 1. The van der Waals surface area contributed by atoms with Crippen LogP contribution in [0.5, 0.6) is 5.75 Å². The molecule has 1 N–H and O–H groups in total. The Morgan fingerprint density at radius 1 is 1.10 bits per heavy atom. The number of nitrogens with zero attached hydrogens (tertiary/aromatic N) is 1. The summed E-state index contributed by atoms with van der Waals surface area (Å²) in [5.74, 6) is 0.359. The third kappa shape index (κ3) is 4.97. The van der Waals surface area contributed by atoms with Crippen molar-refractivity contribution in [3.05, 3.63) is 59.5 Å². The first kappa shape index (κ1) is 20.9. The lowest BCUT2D eigenvalue weighted by atomic mass is 10.1. The smallest absolute Gasteiger partial charge is 0.344 e. The number of carbonyl (C=O) groups is 2. The van der Waals surface area contributed by atoms with Crippen molar-refractivity contribution in [2.75, 3.05) is 11.9 Å². The Morgan fingerprint density at radius 2 is 1.80 bits per heavy atom. The number of hydrogen-bond acceptors (Lipinski definition) is 6. The van der Waals surface area contributed by atoms with Crippen LogP contribution in [0.2, 0.25) is 0 Å². The molecule has 0 aliphatic carbocycles. The van der Waals surface area contributed by atoms with Crippen molar-refractivity contribution >= 4 is 28.3 Å². The van der Waals surface area contributed by atoms with E-state index >= 15 is 0 Å². The van der Waals surface area contributed by atoms with Crippen LogP contribution in [0.4, 0.5) is 5.69 Å². The van der Waals surface area contributed by atoms with E-state index in [-0.39, 0.29) is 12.4 Å². The van der Waals surface area contributed by atoms with Crippen molar-refractivity contribution in [1.82, 2.24) is 0 Å². The van der Waals surface area contributed by atoms with Crippen molar-refractivity contribution < 1.29 is 23.5 Å². The van der Waals surface area contributed by atoms with Crippen LogP contribution < -0.4 is 10.1 Å². The summed E-state index contributed by atoms with van der Waals surface area (Å²) >= 11 is 0. The Bertz CT molecular complexity index is 1130. The normalized spacial score (nSPS) is 11.0. The van der Waals surface area contributed by atoms with Crippen molar-refractivity contribution in [1.29, 1.82) is 5.26 Å². The van der Waals surface area contributed by atoms with Crippen LogP contribution in [-0.4, -0.2) is 24.1 Å². The van der Waals surface area contributed by atoms with Crippen LogP contribution in [0.15, 0.2) is 46.9 Å². The first-order chi connectivity index (χ1) is 14.2. The number of hydrogen-bond donors (Lipinski definition) is 1. The molecule has 0 atom stereocenters. The van der Waals surface area contributed by atoms with Gasteiger partial charge < -0.3 is 19.2 Å². The molecule has 7 nitrogen and oxygen atoms in total. The van der Waals surface area contributed by atoms with Gasteiger partial charge >= 0.3 is 5.97 Å². The third-order valence-corrected chi connectivity index (χ3v) is 4.12. The lowest BCUT2D eigenvalue weighted by molar-refractivity contribution is -0.157. The van der Waals surface area contributed by atoms with Crippen molar-refractivity contribution in [2.24, 2.45) is 0 Å². The maximum atomic E-state index is 12.7. The molecule has 1 aromatic heterocycles. The molecule has 0 aliphatic rings. The zero-order valence-corrected chi connectivity index (χ0v) is 17.2. The van der Waals surface area contributed by atoms with Gasteiger partial charge in [0.05, 0.1) is 11.6 Å². The second kappa shape index (κ2) is 8.29. The third-order valence-electron chi connectivity index (χ3n) is 4.12. The molecular weight excluding hydrogens is 384 g/mol. The molecule has 0 aliphatic heterocycles. The minimum Gasteiger partial charge on any atom is -0.482 e. The summed E-state index contributed by atoms with van der Waals surface area (Å²) in [7, 11) is 0. The number of nitrogens with one attached hydrogen (secondary N) is 1. The summed E-state index contributed by atoms with van der Waals surface area (Å²) < 4.78 is 16.2. The second-order valence-corrected chi connectivity index (χ2v) is 7.71. The first-order valence-electron chi connectivity index (χ1n) is 9.35. The molecule has 0 spiro atoms. The van der Waals surface area contributed by atoms with Gasteiger partial charge in [-0.05, 0) is 70.2 Å². The predicted octanol–water partition coefficient (Wildman–Crippen LogP) is 4.59. The molecular formula is C23H22N2O5. The highest BCUT2D eigenvalue weighted by Gasteiger charge is 2.19. The summed E-state index contributed by atoms with van der Waals surface area (Å²) in [5, 5.41) is 13.2. The van der Waals surface area contributed by atoms with Gasteiger partial charge in [0.15, 0.2) is 12.4 Å². The average Bonchev–Trinajstić information content (AvgIpc) is 3.02. The van der Waals surface area contributed by atoms with Gasteiger partial charge in [-0.25, -0.2) is 4.79 Å². The molecule has 1 amide bonds. The van der Waals surface area contributed by atoms with E-state index in [0.29, 0.717) is 28.1 Å². The minimum atomic E-state index is -0.570. The molecule has 30 heavy (non-hydrogen) atoms. The number of carbonyl (C=O) groups excluding carboxylic acids is 2. The number of anilines is 1. The lowest BCUT2D eigenvalue weighted by Crippen LogP contribution is -2.27. The van der Waals surface area contributed by atoms with Gasteiger partial charge in [-0.3, -0.25) is 4.79 Å². The fourth-order valence-corrected chi connectivity index (χ4v) is 2.87. The summed E-state index contributed by atoms with van der Waals surface area (Å²) in [4.78, 5) is 24.4. The number of fused-ring (bicyclic) bond motifs is 1. The number of aryl methyl sites for hydroxylation is 1. The summed E-state index contributed by atoms with van der Waals surface area (Å²) in [6.07, 6.45) is 0. The maximum Gasteiger partial charge on any atom is 0.344 e. The Kier molecular flexibility index (Phi) is 5.79. The fourth-order valence-electron chi connectivity index (χ4n) is 2.87. The van der Waals surface area contributed by atoms with Crippen LogP contribution in [0, 0.1) is 18.3 Å². The van der Waals surface area contributed by atoms with Crippen LogP contribution in [0.25, 0.3) is 10.8 Å². The monoisotopic (exact) mass is 406 g/mol. The van der Waals surface area contributed by atoms with Crippen LogP contribution in [-0.2, 0) is 9.53 Å². The predicted molar refractivity (Wildman–Crippen MR) is 111 cm³/mol. The summed E-state index contributed by atoms with van der Waals surface area (Å²) in [5.41, 5.74) is 0.472. The number of benzene rings is 2. The van der Waals surface area contributed by atoms with Gasteiger partial charge in [0.1, 0.15) is 17.1 Å². The zero-order valence-electron chi connectivity index (χ0n) is 17.2. The fraction of sp³-hybridized carbons (Fsp3) is 0.261. The number of esters is 1. The van der Waals surface area contributed by atoms with Crippen LogP contribution in [0.1, 0.15) is 42.6 Å². The molecule has 3 aromatic rings. The van der Waals surface area contributed by atoms with E-state index in [4.69, 9.17) is 19.2 Å². The highest BCUT2D eigenvalue weighted by Crippen LogP contribution is 2.27. The largest absolute Gasteiger partial charge is 0.482 e. The SMILES string of the molecule is Cc1oc(C(=O)Nc2ccc(OCC(=O)OC(C)(C)C)cc2)c2ccc(C#N)cc12.